The predicted molar refractivity (Wildman–Crippen MR) is 75.1 cm³/mol. The van der Waals surface area contributed by atoms with Gasteiger partial charge in [-0.25, -0.2) is 0 Å². The third kappa shape index (κ3) is 3.42. The maximum atomic E-state index is 11.4. The average Bonchev–Trinajstić information content (AvgIpc) is 2.70. The highest BCUT2D eigenvalue weighted by atomic mass is 16.5. The third-order valence-corrected chi connectivity index (χ3v) is 3.33. The molecular weight excluding hydrogens is 258 g/mol. The van der Waals surface area contributed by atoms with Gasteiger partial charge in [0.2, 0.25) is 0 Å². The number of fused-ring (bicyclic) bond motifs is 1. The van der Waals surface area contributed by atoms with Crippen molar-refractivity contribution in [3.63, 3.8) is 0 Å². The number of hydrogen-bond donors (Lipinski definition) is 1. The number of esters is 1. The van der Waals surface area contributed by atoms with Gasteiger partial charge in [-0.05, 0) is 31.5 Å². The van der Waals surface area contributed by atoms with Gasteiger partial charge in [0.1, 0.15) is 6.04 Å². The number of benzene rings is 1. The van der Waals surface area contributed by atoms with Crippen molar-refractivity contribution >= 4 is 5.97 Å². The van der Waals surface area contributed by atoms with Gasteiger partial charge in [0.25, 0.3) is 0 Å². The molecule has 0 aromatic heterocycles. The van der Waals surface area contributed by atoms with E-state index in [1.54, 1.807) is 6.92 Å². The fourth-order valence-electron chi connectivity index (χ4n) is 2.17. The van der Waals surface area contributed by atoms with E-state index in [4.69, 9.17) is 14.2 Å². The number of ether oxygens (including phenoxy) is 3. The van der Waals surface area contributed by atoms with E-state index < -0.39 is 0 Å². The number of carbonyl (C=O) groups excluding carboxylic acids is 1. The molecule has 0 amide bonds. The second kappa shape index (κ2) is 6.61. The van der Waals surface area contributed by atoms with Crippen LogP contribution in [0.5, 0.6) is 11.5 Å². The quantitative estimate of drug-likeness (QED) is 0.855. The van der Waals surface area contributed by atoms with Gasteiger partial charge in [0.05, 0.1) is 20.3 Å². The molecule has 5 heteroatoms. The zero-order valence-electron chi connectivity index (χ0n) is 12.1. The molecule has 0 bridgehead atoms. The van der Waals surface area contributed by atoms with Crippen LogP contribution in [0.2, 0.25) is 0 Å². The summed E-state index contributed by atoms with van der Waals surface area (Å²) in [5, 5.41) is 3.20. The fraction of sp³-hybridized carbons (Fsp3) is 0.533. The first-order valence-corrected chi connectivity index (χ1v) is 6.85. The van der Waals surface area contributed by atoms with Crippen LogP contribution < -0.4 is 14.8 Å². The lowest BCUT2D eigenvalue weighted by Gasteiger charge is -2.19. The van der Waals surface area contributed by atoms with Crippen molar-refractivity contribution in [2.75, 3.05) is 20.3 Å². The third-order valence-electron chi connectivity index (χ3n) is 3.33. The highest BCUT2D eigenvalue weighted by molar-refractivity contribution is 5.75. The van der Waals surface area contributed by atoms with Gasteiger partial charge in [-0.15, -0.1) is 0 Å². The van der Waals surface area contributed by atoms with E-state index in [2.05, 4.69) is 5.32 Å². The Morgan fingerprint density at radius 3 is 2.65 bits per heavy atom. The first-order valence-electron chi connectivity index (χ1n) is 6.85. The number of nitrogens with one attached hydrogen (secondary N) is 1. The topological polar surface area (TPSA) is 56.8 Å². The summed E-state index contributed by atoms with van der Waals surface area (Å²) in [5.41, 5.74) is 1.05. The molecule has 2 rings (SSSR count). The van der Waals surface area contributed by atoms with Crippen molar-refractivity contribution in [1.29, 1.82) is 0 Å². The number of rotatable bonds is 4. The summed E-state index contributed by atoms with van der Waals surface area (Å²) in [6, 6.07) is 5.52. The summed E-state index contributed by atoms with van der Waals surface area (Å²) < 4.78 is 16.0. The second-order valence-corrected chi connectivity index (χ2v) is 4.89. The molecule has 1 aromatic rings. The molecular formula is C15H21NO4. The zero-order chi connectivity index (χ0) is 14.5. The number of methoxy groups -OCH3 is 1. The van der Waals surface area contributed by atoms with Gasteiger partial charge in [0, 0.05) is 12.5 Å². The van der Waals surface area contributed by atoms with Crippen LogP contribution in [0.15, 0.2) is 18.2 Å². The van der Waals surface area contributed by atoms with E-state index in [0.717, 1.165) is 23.5 Å². The minimum absolute atomic E-state index is 0.0150. The Kier molecular flexibility index (Phi) is 4.84. The molecule has 0 fully saturated rings. The van der Waals surface area contributed by atoms with E-state index in [0.29, 0.717) is 13.2 Å². The van der Waals surface area contributed by atoms with E-state index >= 15 is 0 Å². The molecule has 0 radical (unpaired) electrons. The van der Waals surface area contributed by atoms with Crippen molar-refractivity contribution in [1.82, 2.24) is 5.32 Å². The van der Waals surface area contributed by atoms with Gasteiger partial charge in [-0.3, -0.25) is 10.1 Å². The normalized spacial score (nSPS) is 16.9. The summed E-state index contributed by atoms with van der Waals surface area (Å²) in [6.07, 6.45) is 0.886. The zero-order valence-corrected chi connectivity index (χ0v) is 12.1. The number of hydrogen-bond acceptors (Lipinski definition) is 5. The summed E-state index contributed by atoms with van der Waals surface area (Å²) in [5.74, 6) is 1.27. The summed E-state index contributed by atoms with van der Waals surface area (Å²) in [7, 11) is 1.39. The molecule has 2 atom stereocenters. The van der Waals surface area contributed by atoms with E-state index in [1.165, 1.54) is 7.11 Å². The molecule has 0 spiro atoms. The van der Waals surface area contributed by atoms with Gasteiger partial charge >= 0.3 is 5.97 Å². The van der Waals surface area contributed by atoms with Gasteiger partial charge < -0.3 is 14.2 Å². The lowest BCUT2D eigenvalue weighted by atomic mass is 10.1. The lowest BCUT2D eigenvalue weighted by Crippen LogP contribution is -2.36. The molecule has 0 saturated carbocycles. The Morgan fingerprint density at radius 2 is 1.95 bits per heavy atom. The molecule has 20 heavy (non-hydrogen) atoms. The maximum Gasteiger partial charge on any atom is 0.322 e. The first kappa shape index (κ1) is 14.7. The fourth-order valence-corrected chi connectivity index (χ4v) is 2.17. The summed E-state index contributed by atoms with van der Waals surface area (Å²) in [6.45, 7) is 5.13. The van der Waals surface area contributed by atoms with E-state index in [9.17, 15) is 4.79 Å². The number of carbonyl (C=O) groups is 1. The first-order chi connectivity index (χ1) is 9.61. The van der Waals surface area contributed by atoms with Crippen molar-refractivity contribution in [2.45, 2.75) is 32.4 Å². The molecule has 1 heterocycles. The van der Waals surface area contributed by atoms with Crippen LogP contribution in [-0.4, -0.2) is 32.3 Å². The summed E-state index contributed by atoms with van der Waals surface area (Å²) >= 11 is 0. The van der Waals surface area contributed by atoms with Crippen LogP contribution in [0.25, 0.3) is 0 Å². The van der Waals surface area contributed by atoms with Crippen LogP contribution >= 0.6 is 0 Å². The molecule has 110 valence electrons. The SMILES string of the molecule is COC(=O)C(C)NC(C)c1ccc2c(c1)OCCCO2. The monoisotopic (exact) mass is 279 g/mol. The Labute approximate surface area is 119 Å². The lowest BCUT2D eigenvalue weighted by molar-refractivity contribution is -0.142. The molecule has 1 aliphatic rings. The second-order valence-electron chi connectivity index (χ2n) is 4.89. The molecule has 0 aliphatic carbocycles. The highest BCUT2D eigenvalue weighted by Crippen LogP contribution is 2.32. The minimum Gasteiger partial charge on any atom is -0.490 e. The highest BCUT2D eigenvalue weighted by Gasteiger charge is 2.18. The van der Waals surface area contributed by atoms with Crippen LogP contribution in [0.4, 0.5) is 0 Å². The van der Waals surface area contributed by atoms with Crippen molar-refractivity contribution in [3.05, 3.63) is 23.8 Å². The Hall–Kier alpha value is -1.75. The predicted octanol–water partition coefficient (Wildman–Crippen LogP) is 2.06. The smallest absolute Gasteiger partial charge is 0.322 e. The van der Waals surface area contributed by atoms with Gasteiger partial charge in [0.15, 0.2) is 11.5 Å². The minimum atomic E-state index is -0.356. The average molecular weight is 279 g/mol. The summed E-state index contributed by atoms with van der Waals surface area (Å²) in [4.78, 5) is 11.4. The Morgan fingerprint density at radius 1 is 1.25 bits per heavy atom. The van der Waals surface area contributed by atoms with E-state index in [-0.39, 0.29) is 18.1 Å². The Balaban J connectivity index is 2.08. The van der Waals surface area contributed by atoms with Gasteiger partial charge in [-0.1, -0.05) is 6.07 Å². The van der Waals surface area contributed by atoms with Crippen molar-refractivity contribution in [2.24, 2.45) is 0 Å². The van der Waals surface area contributed by atoms with Gasteiger partial charge in [-0.2, -0.15) is 0 Å². The van der Waals surface area contributed by atoms with Crippen LogP contribution in [-0.2, 0) is 9.53 Å². The van der Waals surface area contributed by atoms with Crippen LogP contribution in [0.3, 0.4) is 0 Å². The molecule has 5 nitrogen and oxygen atoms in total. The molecule has 1 aromatic carbocycles. The Bertz CT molecular complexity index is 475. The molecule has 0 saturated heterocycles. The van der Waals surface area contributed by atoms with Crippen molar-refractivity contribution in [3.8, 4) is 11.5 Å². The van der Waals surface area contributed by atoms with Crippen LogP contribution in [0, 0.1) is 0 Å². The van der Waals surface area contributed by atoms with Crippen LogP contribution in [0.1, 0.15) is 31.9 Å². The van der Waals surface area contributed by atoms with Crippen molar-refractivity contribution < 1.29 is 19.0 Å². The molecule has 1 N–H and O–H groups in total. The maximum absolute atomic E-state index is 11.4. The molecule has 1 aliphatic heterocycles. The van der Waals surface area contributed by atoms with E-state index in [1.807, 2.05) is 25.1 Å². The molecule has 2 unspecified atom stereocenters. The largest absolute Gasteiger partial charge is 0.490 e. The standard InChI is InChI=1S/C15H21NO4/c1-10(16-11(2)15(17)18-3)12-5-6-13-14(9-12)20-8-4-7-19-13/h5-6,9-11,16H,4,7-8H2,1-3H3.